The fourth-order valence-electron chi connectivity index (χ4n) is 6.24. The SMILES string of the molecule is CC1(C(=O)OC2CCC(C3=C[CH]3)CC2)COC(=O)OC1.CCCCCCCCCCOCOCC(COC(=O)CCCCCCCCC)OC(C)=O. The summed E-state index contributed by atoms with van der Waals surface area (Å²) in [7, 11) is 0. The Labute approximate surface area is 313 Å². The standard InChI is InChI=1S/C26H50O6.C15H19O5/c1-4-6-8-10-12-14-16-18-20-29-23-30-21-25(32-24(3)27)22-31-26(28)19-17-15-13-11-9-7-5-2;1-15(8-18-14(17)19-9-15)13(16)20-12-6-4-11(5-7-12)10-2-3-10/h25H,4-23H2,1-3H3;2-3,11-12H,4-9H2,1H3. The van der Waals surface area contributed by atoms with Crippen molar-refractivity contribution in [1.29, 1.82) is 0 Å². The number of allylic oxidation sites excluding steroid dienone is 2. The topological polar surface area (TPSA) is 133 Å². The fourth-order valence-corrected chi connectivity index (χ4v) is 6.24. The minimum atomic E-state index is -0.877. The molecule has 1 heterocycles. The highest BCUT2D eigenvalue weighted by Gasteiger charge is 2.43. The van der Waals surface area contributed by atoms with Gasteiger partial charge in [-0.25, -0.2) is 4.79 Å². The maximum atomic E-state index is 12.2. The van der Waals surface area contributed by atoms with E-state index in [0.29, 0.717) is 18.9 Å². The van der Waals surface area contributed by atoms with E-state index in [1.165, 1.54) is 83.1 Å². The molecule has 1 atom stereocenters. The predicted octanol–water partition coefficient (Wildman–Crippen LogP) is 9.14. The van der Waals surface area contributed by atoms with Gasteiger partial charge < -0.3 is 33.2 Å². The van der Waals surface area contributed by atoms with E-state index in [4.69, 9.17) is 33.2 Å². The third-order valence-corrected chi connectivity index (χ3v) is 9.65. The number of hydrogen-bond acceptors (Lipinski definition) is 11. The molecular formula is C41H69O11. The molecule has 1 saturated heterocycles. The van der Waals surface area contributed by atoms with Crippen molar-refractivity contribution < 1.29 is 52.3 Å². The van der Waals surface area contributed by atoms with Gasteiger partial charge in [0.2, 0.25) is 0 Å². The van der Waals surface area contributed by atoms with E-state index < -0.39 is 23.6 Å². The predicted molar refractivity (Wildman–Crippen MR) is 198 cm³/mol. The zero-order valence-electron chi connectivity index (χ0n) is 32.8. The normalized spacial score (nSPS) is 19.5. The molecule has 0 aromatic heterocycles. The molecule has 0 aromatic carbocycles. The quantitative estimate of drug-likeness (QED) is 0.0346. The molecule has 2 aliphatic carbocycles. The maximum absolute atomic E-state index is 12.2. The number of carbonyl (C=O) groups excluding carboxylic acids is 4. The van der Waals surface area contributed by atoms with Gasteiger partial charge in [0, 0.05) is 26.4 Å². The van der Waals surface area contributed by atoms with Crippen molar-refractivity contribution in [2.24, 2.45) is 11.3 Å². The van der Waals surface area contributed by atoms with E-state index in [2.05, 4.69) is 26.3 Å². The highest BCUT2D eigenvalue weighted by Crippen LogP contribution is 2.38. The Morgan fingerprint density at radius 2 is 1.35 bits per heavy atom. The van der Waals surface area contributed by atoms with E-state index in [0.717, 1.165) is 51.4 Å². The molecule has 3 rings (SSSR count). The number of carbonyl (C=O) groups is 4. The molecule has 1 aliphatic heterocycles. The summed E-state index contributed by atoms with van der Waals surface area (Å²) in [5, 5.41) is 0. The summed E-state index contributed by atoms with van der Waals surface area (Å²) in [5.41, 5.74) is 0.576. The molecule has 1 saturated carbocycles. The van der Waals surface area contributed by atoms with Crippen LogP contribution >= 0.6 is 0 Å². The zero-order chi connectivity index (χ0) is 37.9. The monoisotopic (exact) mass is 737 g/mol. The van der Waals surface area contributed by atoms with Gasteiger partial charge in [-0.2, -0.15) is 0 Å². The number of unbranched alkanes of at least 4 members (excludes halogenated alkanes) is 13. The number of esters is 3. The van der Waals surface area contributed by atoms with Crippen molar-refractivity contribution in [3.63, 3.8) is 0 Å². The Morgan fingerprint density at radius 1 is 0.788 bits per heavy atom. The highest BCUT2D eigenvalue weighted by atomic mass is 16.7. The number of hydrogen-bond donors (Lipinski definition) is 0. The molecule has 1 unspecified atom stereocenters. The highest BCUT2D eigenvalue weighted by molar-refractivity contribution is 5.78. The van der Waals surface area contributed by atoms with Gasteiger partial charge in [-0.1, -0.05) is 109 Å². The van der Waals surface area contributed by atoms with Crippen LogP contribution < -0.4 is 0 Å². The van der Waals surface area contributed by atoms with Gasteiger partial charge in [-0.3, -0.25) is 14.4 Å². The third-order valence-electron chi connectivity index (χ3n) is 9.65. The lowest BCUT2D eigenvalue weighted by Gasteiger charge is -2.33. The van der Waals surface area contributed by atoms with Crippen molar-refractivity contribution in [3.8, 4) is 0 Å². The van der Waals surface area contributed by atoms with Gasteiger partial charge in [0.25, 0.3) is 0 Å². The second kappa shape index (κ2) is 27.9. The Morgan fingerprint density at radius 3 is 1.90 bits per heavy atom. The largest absolute Gasteiger partial charge is 0.508 e. The first kappa shape index (κ1) is 45.5. The van der Waals surface area contributed by atoms with Crippen LogP contribution in [0, 0.1) is 17.8 Å². The van der Waals surface area contributed by atoms with Crippen molar-refractivity contribution in [3.05, 3.63) is 18.1 Å². The molecule has 3 aliphatic rings. The van der Waals surface area contributed by atoms with Crippen molar-refractivity contribution in [2.75, 3.05) is 39.8 Å². The van der Waals surface area contributed by atoms with E-state index >= 15 is 0 Å². The van der Waals surface area contributed by atoms with Crippen LogP contribution in [0.15, 0.2) is 11.6 Å². The summed E-state index contributed by atoms with van der Waals surface area (Å²) >= 11 is 0. The second-order valence-electron chi connectivity index (χ2n) is 14.8. The molecule has 0 amide bonds. The van der Waals surface area contributed by atoms with Crippen LogP contribution in [-0.4, -0.2) is 76.1 Å². The lowest BCUT2D eigenvalue weighted by atomic mass is 9.85. The van der Waals surface area contributed by atoms with Crippen LogP contribution in [0.25, 0.3) is 0 Å². The molecule has 0 bridgehead atoms. The van der Waals surface area contributed by atoms with Crippen molar-refractivity contribution >= 4 is 24.1 Å². The Hall–Kier alpha value is -2.66. The molecule has 0 N–H and O–H groups in total. The molecule has 11 heteroatoms. The Kier molecular flexibility index (Phi) is 24.4. The lowest BCUT2D eigenvalue weighted by molar-refractivity contribution is -0.173. The molecule has 11 nitrogen and oxygen atoms in total. The van der Waals surface area contributed by atoms with Gasteiger partial charge >= 0.3 is 24.1 Å². The van der Waals surface area contributed by atoms with Gasteiger partial charge in [0.15, 0.2) is 6.10 Å². The molecular weight excluding hydrogens is 668 g/mol. The number of rotatable bonds is 27. The number of cyclic esters (lactones) is 2. The molecule has 299 valence electrons. The van der Waals surface area contributed by atoms with Gasteiger partial charge in [0.1, 0.15) is 38.1 Å². The Balaban J connectivity index is 0.000000395. The minimum Gasteiger partial charge on any atom is -0.462 e. The average molecular weight is 738 g/mol. The van der Waals surface area contributed by atoms with Crippen LogP contribution in [0.3, 0.4) is 0 Å². The van der Waals surface area contributed by atoms with Crippen molar-refractivity contribution in [2.45, 2.75) is 168 Å². The number of ether oxygens (including phenoxy) is 7. The maximum Gasteiger partial charge on any atom is 0.508 e. The molecule has 52 heavy (non-hydrogen) atoms. The molecule has 1 radical (unpaired) electrons. The summed E-state index contributed by atoms with van der Waals surface area (Å²) in [6.45, 7) is 8.54. The smallest absolute Gasteiger partial charge is 0.462 e. The van der Waals surface area contributed by atoms with Crippen molar-refractivity contribution in [1.82, 2.24) is 0 Å². The first-order chi connectivity index (χ1) is 25.2. The third kappa shape index (κ3) is 21.8. The van der Waals surface area contributed by atoms with Crippen LogP contribution in [-0.2, 0) is 47.5 Å². The van der Waals surface area contributed by atoms with E-state index in [1.807, 2.05) is 0 Å². The summed E-state index contributed by atoms with van der Waals surface area (Å²) in [4.78, 5) is 46.3. The molecule has 0 spiro atoms. The van der Waals surface area contributed by atoms with E-state index in [9.17, 15) is 19.2 Å². The fraction of sp³-hybridized carbons (Fsp3) is 0.829. The lowest BCUT2D eigenvalue weighted by Crippen LogP contribution is -2.45. The first-order valence-electron chi connectivity index (χ1n) is 20.2. The average Bonchev–Trinajstić information content (AvgIpc) is 3.98. The Bertz CT molecular complexity index is 1020. The zero-order valence-corrected chi connectivity index (χ0v) is 32.8. The van der Waals surface area contributed by atoms with Crippen LogP contribution in [0.2, 0.25) is 0 Å². The summed E-state index contributed by atoms with van der Waals surface area (Å²) < 4.78 is 36.6. The summed E-state index contributed by atoms with van der Waals surface area (Å²) in [6, 6.07) is 0. The van der Waals surface area contributed by atoms with E-state index in [-0.39, 0.29) is 51.3 Å². The second-order valence-corrected chi connectivity index (χ2v) is 14.8. The molecule has 2 fully saturated rings. The van der Waals surface area contributed by atoms with Crippen LogP contribution in [0.4, 0.5) is 4.79 Å². The van der Waals surface area contributed by atoms with Crippen LogP contribution in [0.1, 0.15) is 156 Å². The van der Waals surface area contributed by atoms with Gasteiger partial charge in [-0.05, 0) is 51.4 Å². The van der Waals surface area contributed by atoms with E-state index in [1.54, 1.807) is 6.92 Å². The summed E-state index contributed by atoms with van der Waals surface area (Å²) in [6.07, 6.45) is 25.5. The molecule has 0 aromatic rings. The first-order valence-corrected chi connectivity index (χ1v) is 20.2. The summed E-state index contributed by atoms with van der Waals surface area (Å²) in [5.74, 6) is -0.339. The van der Waals surface area contributed by atoms with Gasteiger partial charge in [0.05, 0.1) is 6.61 Å². The minimum absolute atomic E-state index is 0.0208. The van der Waals surface area contributed by atoms with Crippen LogP contribution in [0.5, 0.6) is 0 Å². The van der Waals surface area contributed by atoms with Gasteiger partial charge in [-0.15, -0.1) is 0 Å².